The Balaban J connectivity index is 2.22. The first-order valence-corrected chi connectivity index (χ1v) is 8.03. The number of carbonyl (C=O) groups excluding carboxylic acids is 1. The van der Waals surface area contributed by atoms with Crippen LogP contribution in [-0.2, 0) is 4.79 Å². The van der Waals surface area contributed by atoms with E-state index in [0.29, 0.717) is 18.9 Å². The van der Waals surface area contributed by atoms with Gasteiger partial charge in [-0.25, -0.2) is 4.79 Å². The number of hydrogen-bond acceptors (Lipinski definition) is 3. The molecule has 1 unspecified atom stereocenters. The van der Waals surface area contributed by atoms with E-state index in [2.05, 4.69) is 12.2 Å². The third-order valence-electron chi connectivity index (χ3n) is 4.12. The minimum atomic E-state index is -0.746. The maximum absolute atomic E-state index is 12.0. The third-order valence-corrected chi connectivity index (χ3v) is 4.12. The number of urea groups is 1. The van der Waals surface area contributed by atoms with Crippen LogP contribution in [0.3, 0.4) is 0 Å². The Morgan fingerprint density at radius 1 is 1.29 bits per heavy atom. The predicted molar refractivity (Wildman–Crippen MR) is 82.1 cm³/mol. The van der Waals surface area contributed by atoms with E-state index in [1.165, 1.54) is 0 Å². The molecule has 2 amide bonds. The van der Waals surface area contributed by atoms with Crippen LogP contribution in [0.1, 0.15) is 51.9 Å². The molecule has 21 heavy (non-hydrogen) atoms. The number of carboxylic acids is 1. The highest BCUT2D eigenvalue weighted by molar-refractivity contribution is 5.74. The standard InChI is InChI=1S/C15H29N3O3/c1-2-3-12(4-5-14(19)20)6-9-17-15(21)18-10-7-13(16)8-11-18/h12-13H,2-11,16H2,1H3,(H,17,21)(H,19,20). The number of nitrogens with zero attached hydrogens (tertiary/aromatic N) is 1. The van der Waals surface area contributed by atoms with Gasteiger partial charge in [-0.1, -0.05) is 19.8 Å². The lowest BCUT2D eigenvalue weighted by Crippen LogP contribution is -2.47. The van der Waals surface area contributed by atoms with Crippen LogP contribution >= 0.6 is 0 Å². The van der Waals surface area contributed by atoms with Gasteiger partial charge in [0.15, 0.2) is 0 Å². The van der Waals surface area contributed by atoms with Gasteiger partial charge in [-0.15, -0.1) is 0 Å². The second-order valence-corrected chi connectivity index (χ2v) is 5.93. The molecule has 1 heterocycles. The molecule has 0 aromatic rings. The Hall–Kier alpha value is -1.30. The van der Waals surface area contributed by atoms with Gasteiger partial charge in [-0.3, -0.25) is 4.79 Å². The SMILES string of the molecule is CCCC(CCNC(=O)N1CCC(N)CC1)CCC(=O)O. The first kappa shape index (κ1) is 17.8. The summed E-state index contributed by atoms with van der Waals surface area (Å²) in [7, 11) is 0. The molecule has 0 radical (unpaired) electrons. The van der Waals surface area contributed by atoms with Crippen LogP contribution in [0.2, 0.25) is 0 Å². The number of carbonyl (C=O) groups is 2. The zero-order chi connectivity index (χ0) is 15.7. The van der Waals surface area contributed by atoms with Crippen LogP contribution in [0.15, 0.2) is 0 Å². The van der Waals surface area contributed by atoms with Gasteiger partial charge in [-0.2, -0.15) is 0 Å². The maximum Gasteiger partial charge on any atom is 0.317 e. The Morgan fingerprint density at radius 3 is 2.52 bits per heavy atom. The van der Waals surface area contributed by atoms with E-state index in [0.717, 1.165) is 45.2 Å². The van der Waals surface area contributed by atoms with E-state index >= 15 is 0 Å². The Morgan fingerprint density at radius 2 is 1.95 bits per heavy atom. The average Bonchev–Trinajstić information content (AvgIpc) is 2.45. The summed E-state index contributed by atoms with van der Waals surface area (Å²) in [5, 5.41) is 11.7. The zero-order valence-corrected chi connectivity index (χ0v) is 13.0. The van der Waals surface area contributed by atoms with Gasteiger partial charge in [0.05, 0.1) is 0 Å². The molecule has 0 aromatic carbocycles. The zero-order valence-electron chi connectivity index (χ0n) is 13.0. The summed E-state index contributed by atoms with van der Waals surface area (Å²) in [6.45, 7) is 4.17. The first-order chi connectivity index (χ1) is 10.0. The third kappa shape index (κ3) is 7.32. The van der Waals surface area contributed by atoms with Crippen molar-refractivity contribution in [2.24, 2.45) is 11.7 Å². The molecule has 1 aliphatic rings. The van der Waals surface area contributed by atoms with Crippen LogP contribution in [0.4, 0.5) is 4.79 Å². The van der Waals surface area contributed by atoms with Crippen molar-refractivity contribution < 1.29 is 14.7 Å². The number of rotatable bonds is 8. The van der Waals surface area contributed by atoms with Gasteiger partial charge >= 0.3 is 12.0 Å². The highest BCUT2D eigenvalue weighted by atomic mass is 16.4. The second-order valence-electron chi connectivity index (χ2n) is 5.93. The quantitative estimate of drug-likeness (QED) is 0.636. The molecular weight excluding hydrogens is 270 g/mol. The minimum Gasteiger partial charge on any atom is -0.481 e. The molecule has 4 N–H and O–H groups in total. The fraction of sp³-hybridized carbons (Fsp3) is 0.867. The van der Waals surface area contributed by atoms with Crippen molar-refractivity contribution in [1.82, 2.24) is 10.2 Å². The van der Waals surface area contributed by atoms with E-state index in [1.807, 2.05) is 4.90 Å². The molecule has 0 spiro atoms. The molecule has 1 aliphatic heterocycles. The van der Waals surface area contributed by atoms with Gasteiger partial charge in [0, 0.05) is 32.1 Å². The van der Waals surface area contributed by atoms with Crippen LogP contribution in [0.5, 0.6) is 0 Å². The number of hydrogen-bond donors (Lipinski definition) is 3. The molecular formula is C15H29N3O3. The summed E-state index contributed by atoms with van der Waals surface area (Å²) < 4.78 is 0. The molecule has 1 atom stereocenters. The van der Waals surface area contributed by atoms with Gasteiger partial charge in [0.1, 0.15) is 0 Å². The maximum atomic E-state index is 12.0. The van der Waals surface area contributed by atoms with Crippen molar-refractivity contribution in [3.63, 3.8) is 0 Å². The summed E-state index contributed by atoms with van der Waals surface area (Å²) in [4.78, 5) is 24.4. The van der Waals surface area contributed by atoms with E-state index in [9.17, 15) is 9.59 Å². The Kier molecular flexibility index (Phi) is 8.12. The molecule has 1 fully saturated rings. The van der Waals surface area contributed by atoms with Gasteiger partial charge < -0.3 is 21.1 Å². The molecule has 6 nitrogen and oxygen atoms in total. The van der Waals surface area contributed by atoms with Crippen LogP contribution in [0.25, 0.3) is 0 Å². The summed E-state index contributed by atoms with van der Waals surface area (Å²) in [6, 6.07) is 0.203. The number of amides is 2. The lowest BCUT2D eigenvalue weighted by molar-refractivity contribution is -0.137. The van der Waals surface area contributed by atoms with E-state index in [1.54, 1.807) is 0 Å². The van der Waals surface area contributed by atoms with Gasteiger partial charge in [0.2, 0.25) is 0 Å². The number of carboxylic acid groups (broad SMARTS) is 1. The molecule has 0 aromatic heterocycles. The highest BCUT2D eigenvalue weighted by Gasteiger charge is 2.20. The number of nitrogens with two attached hydrogens (primary N) is 1. The van der Waals surface area contributed by atoms with Crippen molar-refractivity contribution in [2.75, 3.05) is 19.6 Å². The van der Waals surface area contributed by atoms with E-state index in [4.69, 9.17) is 10.8 Å². The van der Waals surface area contributed by atoms with Gasteiger partial charge in [0.25, 0.3) is 0 Å². The van der Waals surface area contributed by atoms with Crippen LogP contribution < -0.4 is 11.1 Å². The lowest BCUT2D eigenvalue weighted by Gasteiger charge is -2.30. The normalized spacial score (nSPS) is 17.5. The summed E-state index contributed by atoms with van der Waals surface area (Å²) in [6.07, 6.45) is 5.54. The number of aliphatic carboxylic acids is 1. The van der Waals surface area contributed by atoms with Crippen molar-refractivity contribution >= 4 is 12.0 Å². The first-order valence-electron chi connectivity index (χ1n) is 8.03. The molecule has 0 saturated carbocycles. The fourth-order valence-electron chi connectivity index (χ4n) is 2.77. The predicted octanol–water partition coefficient (Wildman–Crippen LogP) is 1.79. The summed E-state index contributed by atoms with van der Waals surface area (Å²) in [5.74, 6) is -0.369. The summed E-state index contributed by atoms with van der Waals surface area (Å²) >= 11 is 0. The fourth-order valence-corrected chi connectivity index (χ4v) is 2.77. The van der Waals surface area contributed by atoms with E-state index in [-0.39, 0.29) is 18.5 Å². The van der Waals surface area contributed by atoms with Crippen LogP contribution in [0, 0.1) is 5.92 Å². The molecule has 1 rings (SSSR count). The number of nitrogens with one attached hydrogen (secondary N) is 1. The summed E-state index contributed by atoms with van der Waals surface area (Å²) in [5.41, 5.74) is 5.82. The molecule has 1 saturated heterocycles. The van der Waals surface area contributed by atoms with Gasteiger partial charge in [-0.05, 0) is 31.6 Å². The van der Waals surface area contributed by atoms with Crippen molar-refractivity contribution in [3.8, 4) is 0 Å². The lowest BCUT2D eigenvalue weighted by atomic mass is 9.94. The largest absolute Gasteiger partial charge is 0.481 e. The monoisotopic (exact) mass is 299 g/mol. The Labute approximate surface area is 127 Å². The topological polar surface area (TPSA) is 95.7 Å². The van der Waals surface area contributed by atoms with Crippen molar-refractivity contribution in [3.05, 3.63) is 0 Å². The average molecular weight is 299 g/mol. The molecule has 0 bridgehead atoms. The number of likely N-dealkylation sites (tertiary alicyclic amines) is 1. The van der Waals surface area contributed by atoms with E-state index < -0.39 is 5.97 Å². The minimum absolute atomic E-state index is 0.0182. The second kappa shape index (κ2) is 9.60. The Bertz CT molecular complexity index is 328. The van der Waals surface area contributed by atoms with Crippen molar-refractivity contribution in [2.45, 2.75) is 57.9 Å². The highest BCUT2D eigenvalue weighted by Crippen LogP contribution is 2.17. The number of piperidine rings is 1. The smallest absolute Gasteiger partial charge is 0.317 e. The molecule has 122 valence electrons. The molecule has 0 aliphatic carbocycles. The van der Waals surface area contributed by atoms with Crippen LogP contribution in [-0.4, -0.2) is 47.7 Å². The van der Waals surface area contributed by atoms with Crippen molar-refractivity contribution in [1.29, 1.82) is 0 Å². The molecule has 6 heteroatoms.